The van der Waals surface area contributed by atoms with Crippen molar-refractivity contribution in [3.8, 4) is 16.8 Å². The zero-order valence-corrected chi connectivity index (χ0v) is 16.3. The quantitative estimate of drug-likeness (QED) is 0.452. The van der Waals surface area contributed by atoms with Gasteiger partial charge in [-0.1, -0.05) is 48.9 Å². The third kappa shape index (κ3) is 2.80. The summed E-state index contributed by atoms with van der Waals surface area (Å²) in [6, 6.07) is 18.9. The second kappa shape index (κ2) is 6.83. The predicted molar refractivity (Wildman–Crippen MR) is 114 cm³/mol. The molecule has 0 aliphatic rings. The maximum Gasteiger partial charge on any atom is 0.285 e. The summed E-state index contributed by atoms with van der Waals surface area (Å²) >= 11 is 6.19. The number of halogens is 1. The van der Waals surface area contributed by atoms with Gasteiger partial charge in [0.05, 0.1) is 11.3 Å². The third-order valence-corrected chi connectivity index (χ3v) is 5.17. The smallest absolute Gasteiger partial charge is 0.282 e. The van der Waals surface area contributed by atoms with Gasteiger partial charge in [0.15, 0.2) is 11.2 Å². The molecule has 6 nitrogen and oxygen atoms in total. The molecule has 0 saturated heterocycles. The fraction of sp³-hybridized carbons (Fsp3) is 0.0909. The molecular weight excluding hydrogens is 386 g/mol. The number of benzene rings is 2. The van der Waals surface area contributed by atoms with Gasteiger partial charge in [0.2, 0.25) is 0 Å². The van der Waals surface area contributed by atoms with E-state index < -0.39 is 0 Å². The van der Waals surface area contributed by atoms with Gasteiger partial charge in [-0.3, -0.25) is 9.36 Å². The lowest BCUT2D eigenvalue weighted by molar-refractivity contribution is 0.886. The number of para-hydroxylation sites is 1. The van der Waals surface area contributed by atoms with Crippen molar-refractivity contribution < 1.29 is 0 Å². The number of fused-ring (bicyclic) bond motifs is 3. The fourth-order valence-corrected chi connectivity index (χ4v) is 3.76. The minimum atomic E-state index is -0.235. The first-order valence-corrected chi connectivity index (χ1v) is 9.66. The van der Waals surface area contributed by atoms with Gasteiger partial charge in [-0.25, -0.2) is 4.52 Å². The van der Waals surface area contributed by atoms with Crippen LogP contribution >= 0.6 is 11.6 Å². The second-order valence-electron chi connectivity index (χ2n) is 6.68. The molecule has 0 spiro atoms. The van der Waals surface area contributed by atoms with Crippen LogP contribution < -0.4 is 5.56 Å². The van der Waals surface area contributed by atoms with Crippen molar-refractivity contribution in [3.05, 3.63) is 87.9 Å². The number of pyridine rings is 1. The highest BCUT2D eigenvalue weighted by molar-refractivity contribution is 6.30. The van der Waals surface area contributed by atoms with Gasteiger partial charge >= 0.3 is 0 Å². The number of nitrogens with zero attached hydrogens (tertiary/aromatic N) is 5. The zero-order chi connectivity index (χ0) is 20.0. The lowest BCUT2D eigenvalue weighted by atomic mass is 10.0. The average Bonchev–Trinajstić information content (AvgIpc) is 3.14. The molecule has 5 aromatic rings. The zero-order valence-electron chi connectivity index (χ0n) is 15.6. The van der Waals surface area contributed by atoms with Crippen molar-refractivity contribution in [2.24, 2.45) is 0 Å². The Morgan fingerprint density at radius 2 is 1.83 bits per heavy atom. The van der Waals surface area contributed by atoms with Crippen LogP contribution in [-0.4, -0.2) is 24.4 Å². The molecule has 0 amide bonds. The molecule has 3 aromatic heterocycles. The van der Waals surface area contributed by atoms with Crippen LogP contribution in [0.5, 0.6) is 0 Å². The van der Waals surface area contributed by atoms with E-state index in [1.54, 1.807) is 15.3 Å². The molecular formula is C22H16ClN5O. The largest absolute Gasteiger partial charge is 0.285 e. The molecule has 0 radical (unpaired) electrons. The Labute approximate surface area is 171 Å². The van der Waals surface area contributed by atoms with Crippen molar-refractivity contribution in [2.45, 2.75) is 13.3 Å². The number of aromatic nitrogens is 5. The van der Waals surface area contributed by atoms with Crippen LogP contribution in [0.4, 0.5) is 0 Å². The Balaban J connectivity index is 1.80. The molecule has 0 bridgehead atoms. The standard InChI is InChI=1S/C22H16ClN5O/c1-2-17-19(14-7-6-8-15(23)13-14)21-25-24-20-18(28(21)26-17)11-12-27(22(20)29)16-9-4-3-5-10-16/h3-13H,2H2,1H3. The Morgan fingerprint density at radius 3 is 2.59 bits per heavy atom. The molecule has 7 heteroatoms. The Kier molecular flexibility index (Phi) is 4.14. The predicted octanol–water partition coefficient (Wildman–Crippen LogP) is 4.31. The molecule has 3 heterocycles. The maximum atomic E-state index is 13.1. The SMILES string of the molecule is CCc1nn2c(nnc3c(=O)n(-c4ccccc4)ccc32)c1-c1cccc(Cl)c1. The lowest BCUT2D eigenvalue weighted by Crippen LogP contribution is -2.20. The van der Waals surface area contributed by atoms with Gasteiger partial charge in [0, 0.05) is 16.9 Å². The number of rotatable bonds is 3. The number of hydrogen-bond acceptors (Lipinski definition) is 4. The van der Waals surface area contributed by atoms with E-state index in [1.165, 1.54) is 0 Å². The Hall–Kier alpha value is -3.51. The van der Waals surface area contributed by atoms with Crippen LogP contribution in [0.15, 0.2) is 71.7 Å². The van der Waals surface area contributed by atoms with E-state index in [0.717, 1.165) is 22.5 Å². The van der Waals surface area contributed by atoms with Crippen molar-refractivity contribution in [2.75, 3.05) is 0 Å². The molecule has 29 heavy (non-hydrogen) atoms. The molecule has 0 fully saturated rings. The monoisotopic (exact) mass is 401 g/mol. The van der Waals surface area contributed by atoms with Crippen LogP contribution in [0, 0.1) is 0 Å². The van der Waals surface area contributed by atoms with Crippen LogP contribution in [-0.2, 0) is 6.42 Å². The van der Waals surface area contributed by atoms with E-state index in [1.807, 2.05) is 67.6 Å². The highest BCUT2D eigenvalue weighted by Crippen LogP contribution is 2.30. The van der Waals surface area contributed by atoms with E-state index in [0.29, 0.717) is 22.6 Å². The van der Waals surface area contributed by atoms with E-state index >= 15 is 0 Å². The van der Waals surface area contributed by atoms with Crippen LogP contribution in [0.1, 0.15) is 12.6 Å². The van der Waals surface area contributed by atoms with Crippen LogP contribution in [0.2, 0.25) is 5.02 Å². The molecule has 0 atom stereocenters. The normalized spacial score (nSPS) is 11.4. The van der Waals surface area contributed by atoms with E-state index in [-0.39, 0.29) is 11.1 Å². The summed E-state index contributed by atoms with van der Waals surface area (Å²) in [6.45, 7) is 2.04. The fourth-order valence-electron chi connectivity index (χ4n) is 3.57. The van der Waals surface area contributed by atoms with Gasteiger partial charge < -0.3 is 0 Å². The van der Waals surface area contributed by atoms with Gasteiger partial charge in [-0.05, 0) is 42.3 Å². The number of aryl methyl sites for hydroxylation is 1. The summed E-state index contributed by atoms with van der Waals surface area (Å²) in [5.41, 5.74) is 4.72. The van der Waals surface area contributed by atoms with Crippen molar-refractivity contribution in [1.29, 1.82) is 0 Å². The van der Waals surface area contributed by atoms with Gasteiger partial charge in [0.1, 0.15) is 5.52 Å². The molecule has 0 aliphatic carbocycles. The average molecular weight is 402 g/mol. The van der Waals surface area contributed by atoms with Crippen molar-refractivity contribution in [1.82, 2.24) is 24.4 Å². The Bertz CT molecular complexity index is 1420. The lowest BCUT2D eigenvalue weighted by Gasteiger charge is -2.07. The Morgan fingerprint density at radius 1 is 1.00 bits per heavy atom. The summed E-state index contributed by atoms with van der Waals surface area (Å²) in [5.74, 6) is 0. The first kappa shape index (κ1) is 17.6. The summed E-state index contributed by atoms with van der Waals surface area (Å²) in [4.78, 5) is 13.1. The van der Waals surface area contributed by atoms with E-state index in [4.69, 9.17) is 16.7 Å². The first-order valence-electron chi connectivity index (χ1n) is 9.28. The molecule has 0 unspecified atom stereocenters. The van der Waals surface area contributed by atoms with E-state index in [2.05, 4.69) is 10.2 Å². The topological polar surface area (TPSA) is 65.1 Å². The van der Waals surface area contributed by atoms with Crippen LogP contribution in [0.3, 0.4) is 0 Å². The summed E-state index contributed by atoms with van der Waals surface area (Å²) < 4.78 is 3.26. The molecule has 0 N–H and O–H groups in total. The van der Waals surface area contributed by atoms with E-state index in [9.17, 15) is 4.79 Å². The summed E-state index contributed by atoms with van der Waals surface area (Å²) in [7, 11) is 0. The minimum absolute atomic E-state index is 0.235. The summed E-state index contributed by atoms with van der Waals surface area (Å²) in [6.07, 6.45) is 2.46. The number of hydrogen-bond donors (Lipinski definition) is 0. The molecule has 2 aromatic carbocycles. The van der Waals surface area contributed by atoms with Gasteiger partial charge in [0.25, 0.3) is 5.56 Å². The second-order valence-corrected chi connectivity index (χ2v) is 7.12. The van der Waals surface area contributed by atoms with Gasteiger partial charge in [-0.15, -0.1) is 10.2 Å². The summed E-state index contributed by atoms with van der Waals surface area (Å²) in [5, 5.41) is 14.0. The third-order valence-electron chi connectivity index (χ3n) is 4.93. The van der Waals surface area contributed by atoms with Crippen molar-refractivity contribution >= 4 is 28.3 Å². The highest BCUT2D eigenvalue weighted by Gasteiger charge is 2.19. The first-order chi connectivity index (χ1) is 14.2. The molecule has 142 valence electrons. The molecule has 0 saturated carbocycles. The maximum absolute atomic E-state index is 13.1. The molecule has 0 aliphatic heterocycles. The van der Waals surface area contributed by atoms with Crippen LogP contribution in [0.25, 0.3) is 33.5 Å². The van der Waals surface area contributed by atoms with Gasteiger partial charge in [-0.2, -0.15) is 5.10 Å². The minimum Gasteiger partial charge on any atom is -0.282 e. The van der Waals surface area contributed by atoms with Crippen molar-refractivity contribution in [3.63, 3.8) is 0 Å². The molecule has 5 rings (SSSR count). The highest BCUT2D eigenvalue weighted by atomic mass is 35.5.